The van der Waals surface area contributed by atoms with Crippen LogP contribution in [0.4, 0.5) is 0 Å². The van der Waals surface area contributed by atoms with E-state index in [1.54, 1.807) is 4.68 Å². The van der Waals surface area contributed by atoms with Crippen molar-refractivity contribution in [2.24, 2.45) is 18.9 Å². The normalized spacial score (nSPS) is 23.5. The van der Waals surface area contributed by atoms with Crippen LogP contribution in [0, 0.1) is 18.4 Å². The molecule has 2 aliphatic carbocycles. The summed E-state index contributed by atoms with van der Waals surface area (Å²) in [6.07, 6.45) is 6.07. The van der Waals surface area contributed by atoms with Gasteiger partial charge in [0.2, 0.25) is 5.70 Å². The molecule has 6 rings (SSSR count). The number of aryl methyl sites for hydroxylation is 1. The summed E-state index contributed by atoms with van der Waals surface area (Å²) in [6.45, 7) is 9.91. The highest BCUT2D eigenvalue weighted by atomic mass is 16.3. The molecule has 2 aliphatic rings. The Kier molecular flexibility index (Phi) is 4.89. The van der Waals surface area contributed by atoms with Crippen LogP contribution in [0.25, 0.3) is 21.9 Å². The van der Waals surface area contributed by atoms with Gasteiger partial charge in [0.25, 0.3) is 0 Å². The monoisotopic (exact) mass is 461 g/mol. The maximum Gasteiger partial charge on any atom is 0.203 e. The van der Waals surface area contributed by atoms with Gasteiger partial charge in [-0.1, -0.05) is 55.5 Å². The lowest BCUT2D eigenvalue weighted by atomic mass is 9.54. The fraction of sp³-hybridized carbons (Fsp3) is 0.276. The van der Waals surface area contributed by atoms with Gasteiger partial charge in [-0.3, -0.25) is 9.25 Å². The van der Waals surface area contributed by atoms with E-state index in [-0.39, 0.29) is 17.6 Å². The lowest BCUT2D eigenvalue weighted by Gasteiger charge is -2.49. The smallest absolute Gasteiger partial charge is 0.203 e. The lowest BCUT2D eigenvalue weighted by molar-refractivity contribution is 0.149. The number of hydrogen-bond donors (Lipinski definition) is 1. The largest absolute Gasteiger partial charge is 0.523 e. The fourth-order valence-corrected chi connectivity index (χ4v) is 6.33. The van der Waals surface area contributed by atoms with Gasteiger partial charge >= 0.3 is 0 Å². The fourth-order valence-electron chi connectivity index (χ4n) is 6.33. The summed E-state index contributed by atoms with van der Waals surface area (Å²) in [7, 11) is 1.92. The maximum absolute atomic E-state index is 10.9. The van der Waals surface area contributed by atoms with Gasteiger partial charge in [-0.25, -0.2) is 9.83 Å². The number of aliphatic hydroxyl groups is 1. The van der Waals surface area contributed by atoms with Crippen molar-refractivity contribution in [1.82, 2.24) is 19.3 Å². The Balaban J connectivity index is 1.69. The zero-order chi connectivity index (χ0) is 24.2. The Hall–Kier alpha value is -4.11. The van der Waals surface area contributed by atoms with Gasteiger partial charge in [0.05, 0.1) is 29.8 Å². The number of rotatable bonds is 3. The lowest BCUT2D eigenvalue weighted by Crippen LogP contribution is -2.47. The third-order valence-electron chi connectivity index (χ3n) is 7.90. The van der Waals surface area contributed by atoms with E-state index in [0.717, 1.165) is 41.2 Å². The van der Waals surface area contributed by atoms with Crippen molar-refractivity contribution < 1.29 is 5.11 Å². The number of aliphatic hydroxyl groups excluding tert-OH is 1. The topological polar surface area (TPSA) is 60.2 Å². The van der Waals surface area contributed by atoms with Crippen LogP contribution in [-0.4, -0.2) is 24.4 Å². The molecule has 0 fully saturated rings. The second-order valence-corrected chi connectivity index (χ2v) is 9.70. The highest BCUT2D eigenvalue weighted by Gasteiger charge is 2.54. The molecule has 4 aromatic rings. The molecule has 0 bridgehead atoms. The quantitative estimate of drug-likeness (QED) is 0.389. The van der Waals surface area contributed by atoms with Crippen molar-refractivity contribution in [1.29, 1.82) is 0 Å². The number of imidazole rings is 1. The van der Waals surface area contributed by atoms with Crippen LogP contribution in [0.2, 0.25) is 0 Å². The van der Waals surface area contributed by atoms with E-state index in [9.17, 15) is 5.11 Å². The Bertz CT molecular complexity index is 1470. The van der Waals surface area contributed by atoms with E-state index in [1.165, 1.54) is 5.69 Å². The summed E-state index contributed by atoms with van der Waals surface area (Å²) >= 11 is 0. The summed E-state index contributed by atoms with van der Waals surface area (Å²) in [5.74, 6) is 1.13. The molecule has 2 aromatic heterocycles. The molecule has 6 nitrogen and oxygen atoms in total. The molecule has 3 atom stereocenters. The number of benzene rings is 2. The first-order valence-electron chi connectivity index (χ1n) is 12.1. The molecule has 0 saturated carbocycles. The highest BCUT2D eigenvalue weighted by molar-refractivity contribution is 5.62. The molecule has 1 N–H and O–H groups in total. The molecular weight excluding hydrogens is 434 g/mol. The van der Waals surface area contributed by atoms with Crippen LogP contribution in [0.3, 0.4) is 0 Å². The molecule has 0 unspecified atom stereocenters. The summed E-state index contributed by atoms with van der Waals surface area (Å²) in [4.78, 5) is 9.17. The average Bonchev–Trinajstić information content (AvgIpc) is 3.51. The van der Waals surface area contributed by atoms with Crippen LogP contribution in [0.1, 0.15) is 36.7 Å². The van der Waals surface area contributed by atoms with Crippen LogP contribution >= 0.6 is 0 Å². The first kappa shape index (κ1) is 21.4. The predicted octanol–water partition coefficient (Wildman–Crippen LogP) is 5.85. The zero-order valence-corrected chi connectivity index (χ0v) is 19.9. The van der Waals surface area contributed by atoms with E-state index in [1.807, 2.05) is 43.7 Å². The second-order valence-electron chi connectivity index (χ2n) is 9.70. The van der Waals surface area contributed by atoms with E-state index in [0.29, 0.717) is 12.1 Å². The van der Waals surface area contributed by atoms with Crippen molar-refractivity contribution in [2.45, 2.75) is 31.6 Å². The van der Waals surface area contributed by atoms with Gasteiger partial charge in [0.15, 0.2) is 0 Å². The van der Waals surface area contributed by atoms with Crippen LogP contribution in [0.5, 0.6) is 0 Å². The minimum atomic E-state index is -0.489. The van der Waals surface area contributed by atoms with E-state index >= 15 is 0 Å². The number of hydrogen-bond acceptors (Lipinski definition) is 3. The van der Waals surface area contributed by atoms with Gasteiger partial charge in [-0.15, -0.1) is 0 Å². The SMILES string of the molecule is [C-]#[N+]C1=C(O)[C@@H](C)[C@@H]2CCc3c(nc(-c4cnn(C)c4)n3-c3ccccc3)[C@@]2(c2ccccc2)C1. The molecule has 0 spiro atoms. The zero-order valence-electron chi connectivity index (χ0n) is 19.9. The Morgan fingerprint density at radius 2 is 1.80 bits per heavy atom. The highest BCUT2D eigenvalue weighted by Crippen LogP contribution is 2.57. The standard InChI is InChI=1S/C29H27N5O/c1-19-23-14-15-25-27(29(23,16-24(30-2)26(19)35)21-10-6-4-7-11-21)32-28(20-17-31-33(3)18-20)34(25)22-12-8-5-9-13-22/h4-13,17-19,23,35H,14-16H2,1,3H3/t19-,23-,29+/m0/s1. The van der Waals surface area contributed by atoms with Crippen molar-refractivity contribution >= 4 is 0 Å². The molecule has 0 radical (unpaired) electrons. The number of aromatic nitrogens is 4. The molecule has 0 amide bonds. The molecule has 174 valence electrons. The Morgan fingerprint density at radius 3 is 2.46 bits per heavy atom. The average molecular weight is 462 g/mol. The van der Waals surface area contributed by atoms with Gasteiger partial charge in [0.1, 0.15) is 5.82 Å². The minimum absolute atomic E-state index is 0.120. The third kappa shape index (κ3) is 3.08. The van der Waals surface area contributed by atoms with Gasteiger partial charge in [0, 0.05) is 36.0 Å². The van der Waals surface area contributed by atoms with Crippen molar-refractivity contribution in [3.63, 3.8) is 0 Å². The molecule has 6 heteroatoms. The van der Waals surface area contributed by atoms with Gasteiger partial charge in [-0.05, 0) is 42.9 Å². The first-order valence-corrected chi connectivity index (χ1v) is 12.1. The van der Waals surface area contributed by atoms with Crippen molar-refractivity contribution in [2.75, 3.05) is 0 Å². The van der Waals surface area contributed by atoms with E-state index < -0.39 is 5.41 Å². The number of fused-ring (bicyclic) bond motifs is 3. The van der Waals surface area contributed by atoms with Gasteiger partial charge in [-0.2, -0.15) is 5.10 Å². The Morgan fingerprint density at radius 1 is 1.09 bits per heavy atom. The molecule has 2 aromatic carbocycles. The molecule has 2 heterocycles. The van der Waals surface area contributed by atoms with Crippen LogP contribution in [-0.2, 0) is 18.9 Å². The van der Waals surface area contributed by atoms with Gasteiger partial charge < -0.3 is 5.11 Å². The third-order valence-corrected chi connectivity index (χ3v) is 7.90. The molecule has 35 heavy (non-hydrogen) atoms. The van der Waals surface area contributed by atoms with Crippen molar-refractivity contribution in [3.05, 3.63) is 113 Å². The Labute approximate surface area is 205 Å². The van der Waals surface area contributed by atoms with E-state index in [4.69, 9.17) is 11.6 Å². The number of para-hydroxylation sites is 1. The first-order chi connectivity index (χ1) is 17.0. The van der Waals surface area contributed by atoms with Crippen LogP contribution < -0.4 is 0 Å². The molecular formula is C29H27N5O. The summed E-state index contributed by atoms with van der Waals surface area (Å²) in [5, 5.41) is 15.4. The van der Waals surface area contributed by atoms with Crippen molar-refractivity contribution in [3.8, 4) is 17.1 Å². The summed E-state index contributed by atoms with van der Waals surface area (Å²) < 4.78 is 4.07. The second kappa shape index (κ2) is 7.99. The molecule has 0 saturated heterocycles. The van der Waals surface area contributed by atoms with Crippen LogP contribution in [0.15, 0.2) is 84.5 Å². The summed E-state index contributed by atoms with van der Waals surface area (Å²) in [6, 6.07) is 20.8. The number of nitrogens with zero attached hydrogens (tertiary/aromatic N) is 5. The number of allylic oxidation sites excluding steroid dienone is 2. The predicted molar refractivity (Wildman–Crippen MR) is 135 cm³/mol. The molecule has 0 aliphatic heterocycles. The maximum atomic E-state index is 10.9. The minimum Gasteiger partial charge on any atom is -0.523 e. The summed E-state index contributed by atoms with van der Waals surface area (Å²) in [5.41, 5.74) is 5.32. The van der Waals surface area contributed by atoms with E-state index in [2.05, 4.69) is 57.8 Å².